The van der Waals surface area contributed by atoms with E-state index < -0.39 is 0 Å². The van der Waals surface area contributed by atoms with Gasteiger partial charge in [0.1, 0.15) is 12.1 Å². The Morgan fingerprint density at radius 3 is 2.78 bits per heavy atom. The van der Waals surface area contributed by atoms with E-state index in [1.54, 1.807) is 29.4 Å². The lowest BCUT2D eigenvalue weighted by Gasteiger charge is -2.07. The summed E-state index contributed by atoms with van der Waals surface area (Å²) in [7, 11) is 0. The minimum atomic E-state index is 0.551. The van der Waals surface area contributed by atoms with Gasteiger partial charge in [-0.2, -0.15) is 0 Å². The Morgan fingerprint density at radius 1 is 1.11 bits per heavy atom. The molecule has 0 bridgehead atoms. The lowest BCUT2D eigenvalue weighted by atomic mass is 10.2. The van der Waals surface area contributed by atoms with Crippen molar-refractivity contribution in [1.29, 1.82) is 0 Å². The molecule has 4 aromatic rings. The van der Waals surface area contributed by atoms with Crippen LogP contribution >= 0.6 is 23.1 Å². The zero-order valence-corrected chi connectivity index (χ0v) is 16.2. The molecular weight excluding hydrogens is 376 g/mol. The van der Waals surface area contributed by atoms with Gasteiger partial charge in [0.2, 0.25) is 5.89 Å². The zero-order valence-electron chi connectivity index (χ0n) is 14.6. The molecule has 0 atom stereocenters. The van der Waals surface area contributed by atoms with E-state index in [-0.39, 0.29) is 0 Å². The summed E-state index contributed by atoms with van der Waals surface area (Å²) in [5.41, 5.74) is 1.91. The van der Waals surface area contributed by atoms with Crippen LogP contribution in [0.1, 0.15) is 35.3 Å². The fourth-order valence-electron chi connectivity index (χ4n) is 3.02. The van der Waals surface area contributed by atoms with Crippen LogP contribution < -0.4 is 0 Å². The Kier molecular flexibility index (Phi) is 4.55. The van der Waals surface area contributed by atoms with Gasteiger partial charge in [-0.3, -0.25) is 0 Å². The largest absolute Gasteiger partial charge is 0.444 e. The summed E-state index contributed by atoms with van der Waals surface area (Å²) in [5.74, 6) is 2.45. The van der Waals surface area contributed by atoms with E-state index in [1.165, 1.54) is 17.7 Å². The molecule has 27 heavy (non-hydrogen) atoms. The number of hydrogen-bond acceptors (Lipinski definition) is 6. The maximum atomic E-state index is 5.64. The zero-order chi connectivity index (χ0) is 18.1. The first-order valence-corrected chi connectivity index (χ1v) is 10.8. The molecule has 1 aliphatic rings. The van der Waals surface area contributed by atoms with Gasteiger partial charge in [-0.05, 0) is 36.4 Å². The van der Waals surface area contributed by atoms with Crippen LogP contribution in [0.15, 0.2) is 63.7 Å². The van der Waals surface area contributed by atoms with Crippen molar-refractivity contribution in [3.8, 4) is 11.5 Å². The van der Waals surface area contributed by atoms with Crippen molar-refractivity contribution in [2.45, 2.75) is 36.2 Å². The van der Waals surface area contributed by atoms with Crippen LogP contribution in [0.2, 0.25) is 0 Å². The number of thiophene rings is 1. The van der Waals surface area contributed by atoms with E-state index in [0.717, 1.165) is 34.4 Å². The van der Waals surface area contributed by atoms with E-state index in [0.29, 0.717) is 11.9 Å². The van der Waals surface area contributed by atoms with E-state index in [2.05, 4.69) is 37.3 Å². The number of rotatable bonds is 7. The van der Waals surface area contributed by atoms with Crippen molar-refractivity contribution in [1.82, 2.24) is 19.7 Å². The van der Waals surface area contributed by atoms with E-state index in [9.17, 15) is 0 Å². The van der Waals surface area contributed by atoms with Crippen molar-refractivity contribution in [2.75, 3.05) is 0 Å². The van der Waals surface area contributed by atoms with Crippen LogP contribution in [0.3, 0.4) is 0 Å². The van der Waals surface area contributed by atoms with Gasteiger partial charge in [-0.15, -0.1) is 21.5 Å². The number of thioether (sulfide) groups is 1. The Labute approximate surface area is 165 Å². The van der Waals surface area contributed by atoms with Gasteiger partial charge in [0.25, 0.3) is 0 Å². The Hall–Kier alpha value is -2.38. The van der Waals surface area contributed by atoms with E-state index >= 15 is 0 Å². The molecule has 3 heterocycles. The molecule has 136 valence electrons. The predicted molar refractivity (Wildman–Crippen MR) is 107 cm³/mol. The van der Waals surface area contributed by atoms with Crippen molar-refractivity contribution in [3.05, 3.63) is 70.5 Å². The molecule has 1 fully saturated rings. The normalized spacial score (nSPS) is 13.9. The Morgan fingerprint density at radius 2 is 2.00 bits per heavy atom. The van der Waals surface area contributed by atoms with Crippen LogP contribution in [0, 0.1) is 0 Å². The highest BCUT2D eigenvalue weighted by molar-refractivity contribution is 7.98. The number of hydrogen-bond donors (Lipinski definition) is 0. The highest BCUT2D eigenvalue weighted by Crippen LogP contribution is 2.39. The van der Waals surface area contributed by atoms with Gasteiger partial charge >= 0.3 is 0 Å². The Balaban J connectivity index is 1.31. The molecular formula is C20H18N4OS2. The summed E-state index contributed by atoms with van der Waals surface area (Å²) in [6.07, 6.45) is 5.01. The highest BCUT2D eigenvalue weighted by Gasteiger charge is 2.29. The molecule has 1 aliphatic carbocycles. The number of aromatic nitrogens is 4. The maximum absolute atomic E-state index is 5.64. The molecule has 0 N–H and O–H groups in total. The van der Waals surface area contributed by atoms with E-state index in [1.807, 2.05) is 30.3 Å². The second-order valence-corrected chi connectivity index (χ2v) is 8.53. The average molecular weight is 395 g/mol. The molecule has 1 aromatic carbocycles. The third-order valence-electron chi connectivity index (χ3n) is 4.48. The number of nitrogens with zero attached hydrogens (tertiary/aromatic N) is 4. The van der Waals surface area contributed by atoms with Crippen LogP contribution in [0.4, 0.5) is 0 Å². The van der Waals surface area contributed by atoms with Crippen molar-refractivity contribution in [2.24, 2.45) is 0 Å². The van der Waals surface area contributed by atoms with Crippen molar-refractivity contribution < 1.29 is 4.42 Å². The Bertz CT molecular complexity index is 1020. The lowest BCUT2D eigenvalue weighted by molar-refractivity contribution is 0.573. The van der Waals surface area contributed by atoms with Crippen molar-refractivity contribution in [3.63, 3.8) is 0 Å². The molecule has 0 aliphatic heterocycles. The maximum Gasteiger partial charge on any atom is 0.226 e. The van der Waals surface area contributed by atoms with E-state index in [4.69, 9.17) is 4.42 Å². The summed E-state index contributed by atoms with van der Waals surface area (Å²) < 4.78 is 7.96. The summed E-state index contributed by atoms with van der Waals surface area (Å²) >= 11 is 3.45. The summed E-state index contributed by atoms with van der Waals surface area (Å²) in [5, 5.41) is 12.0. The second kappa shape index (κ2) is 7.32. The average Bonchev–Trinajstić information content (AvgIpc) is 3.11. The molecule has 0 radical (unpaired) electrons. The molecule has 0 saturated heterocycles. The second-order valence-electron chi connectivity index (χ2n) is 6.55. The lowest BCUT2D eigenvalue weighted by Crippen LogP contribution is -2.03. The fourth-order valence-corrected chi connectivity index (χ4v) is 4.62. The molecule has 7 heteroatoms. The standard InChI is InChI=1S/C20H18N4OS2/c1-2-5-14(6-3-1)19-21-15(12-25-19)13-27-20-23-22-18(24(20)16-8-9-16)11-17-7-4-10-26-17/h1-7,10,12,16H,8-9,11,13H2. The summed E-state index contributed by atoms with van der Waals surface area (Å²) in [6.45, 7) is 0. The van der Waals surface area contributed by atoms with Gasteiger partial charge in [0, 0.05) is 28.7 Å². The van der Waals surface area contributed by atoms with Crippen LogP contribution in [-0.2, 0) is 12.2 Å². The minimum absolute atomic E-state index is 0.551. The minimum Gasteiger partial charge on any atom is -0.444 e. The SMILES string of the molecule is c1ccc(-c2nc(CSc3nnc(Cc4cccs4)n3C3CC3)co2)cc1. The molecule has 0 unspecified atom stereocenters. The summed E-state index contributed by atoms with van der Waals surface area (Å²) in [4.78, 5) is 5.93. The van der Waals surface area contributed by atoms with Gasteiger partial charge in [-0.25, -0.2) is 4.98 Å². The smallest absolute Gasteiger partial charge is 0.226 e. The van der Waals surface area contributed by atoms with Crippen LogP contribution in [-0.4, -0.2) is 19.7 Å². The predicted octanol–water partition coefficient (Wildman–Crippen LogP) is 5.21. The van der Waals surface area contributed by atoms with Gasteiger partial charge in [0.05, 0.1) is 5.69 Å². The van der Waals surface area contributed by atoms with Gasteiger partial charge in [0.15, 0.2) is 5.16 Å². The topological polar surface area (TPSA) is 56.7 Å². The van der Waals surface area contributed by atoms with Gasteiger partial charge in [-0.1, -0.05) is 36.0 Å². The highest BCUT2D eigenvalue weighted by atomic mass is 32.2. The first-order valence-electron chi connectivity index (χ1n) is 8.95. The number of benzene rings is 1. The molecule has 1 saturated carbocycles. The third-order valence-corrected chi connectivity index (χ3v) is 6.33. The fraction of sp³-hybridized carbons (Fsp3) is 0.250. The van der Waals surface area contributed by atoms with Gasteiger partial charge < -0.3 is 8.98 Å². The summed E-state index contributed by atoms with van der Waals surface area (Å²) in [6, 6.07) is 14.8. The van der Waals surface area contributed by atoms with Crippen molar-refractivity contribution >= 4 is 23.1 Å². The quantitative estimate of drug-likeness (QED) is 0.403. The molecule has 3 aromatic heterocycles. The van der Waals surface area contributed by atoms with Crippen LogP contribution in [0.25, 0.3) is 11.5 Å². The molecule has 0 amide bonds. The first-order chi connectivity index (χ1) is 13.4. The third kappa shape index (κ3) is 3.70. The number of oxazole rings is 1. The molecule has 5 nitrogen and oxygen atoms in total. The van der Waals surface area contributed by atoms with Crippen LogP contribution in [0.5, 0.6) is 0 Å². The molecule has 0 spiro atoms. The molecule has 5 rings (SSSR count). The first kappa shape index (κ1) is 16.8. The monoisotopic (exact) mass is 394 g/mol.